The molecule has 1 saturated heterocycles. The number of carbonyl (C=O) groups excluding carboxylic acids is 2. The van der Waals surface area contributed by atoms with Gasteiger partial charge in [-0.25, -0.2) is 0 Å². The van der Waals surface area contributed by atoms with E-state index in [0.717, 1.165) is 18.2 Å². The van der Waals surface area contributed by atoms with E-state index in [1.165, 1.54) is 4.90 Å². The second-order valence-corrected chi connectivity index (χ2v) is 5.57. The van der Waals surface area contributed by atoms with Gasteiger partial charge in [-0.3, -0.25) is 9.59 Å². The standard InChI is InChI=1S/C17H19F3N2O2/c1-2-12-6-3-4-7-13(12)21-16(24)14-8-5-10-22(14)11-9-15(23)17(18,19)20/h3-4,6-7,9,11,14H,2,5,8,10H2,1H3,(H,21,24)/b11-9+. The van der Waals surface area contributed by atoms with Crippen molar-refractivity contribution in [3.8, 4) is 0 Å². The van der Waals surface area contributed by atoms with Crippen molar-refractivity contribution in [2.24, 2.45) is 0 Å². The fourth-order valence-corrected chi connectivity index (χ4v) is 2.67. The van der Waals surface area contributed by atoms with Crippen molar-refractivity contribution in [2.75, 3.05) is 11.9 Å². The molecule has 0 radical (unpaired) electrons. The van der Waals surface area contributed by atoms with Crippen LogP contribution in [0.4, 0.5) is 18.9 Å². The van der Waals surface area contributed by atoms with Gasteiger partial charge in [-0.1, -0.05) is 25.1 Å². The molecule has 1 atom stereocenters. The molecule has 2 rings (SSSR count). The summed E-state index contributed by atoms with van der Waals surface area (Å²) in [5.41, 5.74) is 1.69. The predicted octanol–water partition coefficient (Wildman–Crippen LogP) is 3.30. The number of carbonyl (C=O) groups is 2. The third-order valence-electron chi connectivity index (χ3n) is 3.95. The zero-order valence-corrected chi connectivity index (χ0v) is 13.3. The topological polar surface area (TPSA) is 49.4 Å². The van der Waals surface area contributed by atoms with Gasteiger partial charge in [0.25, 0.3) is 5.78 Å². The van der Waals surface area contributed by atoms with Crippen LogP contribution in [0.3, 0.4) is 0 Å². The van der Waals surface area contributed by atoms with Crippen molar-refractivity contribution < 1.29 is 22.8 Å². The van der Waals surface area contributed by atoms with Crippen LogP contribution in [0.15, 0.2) is 36.5 Å². The van der Waals surface area contributed by atoms with Crippen molar-refractivity contribution in [2.45, 2.75) is 38.4 Å². The Labute approximate surface area is 138 Å². The van der Waals surface area contributed by atoms with E-state index in [1.807, 2.05) is 25.1 Å². The van der Waals surface area contributed by atoms with Crippen LogP contribution >= 0.6 is 0 Å². The van der Waals surface area contributed by atoms with Crippen LogP contribution in [0.5, 0.6) is 0 Å². The number of hydrogen-bond donors (Lipinski definition) is 1. The third kappa shape index (κ3) is 4.37. The minimum absolute atomic E-state index is 0.280. The number of amides is 1. The fraction of sp³-hybridized carbons (Fsp3) is 0.412. The van der Waals surface area contributed by atoms with Gasteiger partial charge in [-0.15, -0.1) is 0 Å². The van der Waals surface area contributed by atoms with Crippen LogP contribution < -0.4 is 5.32 Å². The Bertz CT molecular complexity index is 641. The molecule has 1 aliphatic rings. The highest BCUT2D eigenvalue weighted by atomic mass is 19.4. The second kappa shape index (κ2) is 7.51. The van der Waals surface area contributed by atoms with E-state index in [9.17, 15) is 22.8 Å². The summed E-state index contributed by atoms with van der Waals surface area (Å²) in [6.07, 6.45) is -1.38. The maximum Gasteiger partial charge on any atom is 0.454 e. The molecule has 0 aliphatic carbocycles. The van der Waals surface area contributed by atoms with Gasteiger partial charge in [0.05, 0.1) is 0 Å². The number of alkyl halides is 3. The minimum atomic E-state index is -4.89. The molecule has 24 heavy (non-hydrogen) atoms. The van der Waals surface area contributed by atoms with Crippen molar-refractivity contribution in [3.05, 3.63) is 42.1 Å². The van der Waals surface area contributed by atoms with Crippen molar-refractivity contribution >= 4 is 17.4 Å². The second-order valence-electron chi connectivity index (χ2n) is 5.57. The van der Waals surface area contributed by atoms with Gasteiger partial charge in [-0.2, -0.15) is 13.2 Å². The maximum atomic E-state index is 12.4. The Morgan fingerprint density at radius 2 is 2.04 bits per heavy atom. The number of aryl methyl sites for hydroxylation is 1. The molecule has 1 unspecified atom stereocenters. The molecule has 7 heteroatoms. The molecule has 1 aliphatic heterocycles. The van der Waals surface area contributed by atoms with Crippen molar-refractivity contribution in [3.63, 3.8) is 0 Å². The Balaban J connectivity index is 2.06. The Hall–Kier alpha value is -2.31. The van der Waals surface area contributed by atoms with E-state index in [-0.39, 0.29) is 5.91 Å². The van der Waals surface area contributed by atoms with Gasteiger partial charge in [0, 0.05) is 24.5 Å². The molecule has 0 saturated carbocycles. The molecule has 0 aromatic heterocycles. The number of rotatable bonds is 5. The Morgan fingerprint density at radius 3 is 2.71 bits per heavy atom. The van der Waals surface area contributed by atoms with E-state index in [1.54, 1.807) is 6.07 Å². The summed E-state index contributed by atoms with van der Waals surface area (Å²) in [4.78, 5) is 24.9. The summed E-state index contributed by atoms with van der Waals surface area (Å²) < 4.78 is 36.8. The number of benzene rings is 1. The summed E-state index contributed by atoms with van der Waals surface area (Å²) in [5, 5.41) is 2.83. The predicted molar refractivity (Wildman–Crippen MR) is 84.4 cm³/mol. The zero-order valence-electron chi connectivity index (χ0n) is 13.3. The van der Waals surface area contributed by atoms with Gasteiger partial charge in [0.15, 0.2) is 0 Å². The smallest absolute Gasteiger partial charge is 0.365 e. The number of nitrogens with one attached hydrogen (secondary N) is 1. The first kappa shape index (κ1) is 18.0. The molecule has 1 aromatic carbocycles. The van der Waals surface area contributed by atoms with Crippen LogP contribution in [0.2, 0.25) is 0 Å². The van der Waals surface area contributed by atoms with Gasteiger partial charge in [0.2, 0.25) is 5.91 Å². The number of para-hydroxylation sites is 1. The molecule has 1 fully saturated rings. The number of allylic oxidation sites excluding steroid dienone is 1. The molecular weight excluding hydrogens is 321 g/mol. The highest BCUT2D eigenvalue weighted by molar-refractivity contribution is 5.96. The number of hydrogen-bond acceptors (Lipinski definition) is 3. The van der Waals surface area contributed by atoms with Crippen LogP contribution in [-0.2, 0) is 16.0 Å². The first-order chi connectivity index (χ1) is 11.3. The molecular formula is C17H19F3N2O2. The Kier molecular flexibility index (Phi) is 5.64. The first-order valence-corrected chi connectivity index (χ1v) is 7.76. The molecule has 0 bridgehead atoms. The summed E-state index contributed by atoms with van der Waals surface area (Å²) in [5.74, 6) is -2.21. The lowest BCUT2D eigenvalue weighted by atomic mass is 10.1. The number of likely N-dealkylation sites (tertiary alicyclic amines) is 1. The molecule has 1 amide bonds. The largest absolute Gasteiger partial charge is 0.454 e. The summed E-state index contributed by atoms with van der Waals surface area (Å²) >= 11 is 0. The third-order valence-corrected chi connectivity index (χ3v) is 3.95. The van der Waals surface area contributed by atoms with E-state index in [4.69, 9.17) is 0 Å². The van der Waals surface area contributed by atoms with Crippen LogP contribution in [0, 0.1) is 0 Å². The van der Waals surface area contributed by atoms with E-state index in [0.29, 0.717) is 31.1 Å². The minimum Gasteiger partial charge on any atom is -0.365 e. The van der Waals surface area contributed by atoms with Gasteiger partial charge < -0.3 is 10.2 Å². The molecule has 130 valence electrons. The normalized spacial score (nSPS) is 18.2. The van der Waals surface area contributed by atoms with Gasteiger partial charge in [-0.05, 0) is 30.9 Å². The maximum absolute atomic E-state index is 12.4. The average molecular weight is 340 g/mol. The van der Waals surface area contributed by atoms with E-state index in [2.05, 4.69) is 5.32 Å². The van der Waals surface area contributed by atoms with Crippen molar-refractivity contribution in [1.29, 1.82) is 0 Å². The molecule has 1 heterocycles. The van der Waals surface area contributed by atoms with Gasteiger partial charge >= 0.3 is 6.18 Å². The monoisotopic (exact) mass is 340 g/mol. The summed E-state index contributed by atoms with van der Waals surface area (Å²) in [6.45, 7) is 2.41. The number of anilines is 1. The highest BCUT2D eigenvalue weighted by Crippen LogP contribution is 2.22. The van der Waals surface area contributed by atoms with Crippen LogP contribution in [-0.4, -0.2) is 35.4 Å². The SMILES string of the molecule is CCc1ccccc1NC(=O)C1CCCN1/C=C/C(=O)C(F)(F)F. The highest BCUT2D eigenvalue weighted by Gasteiger charge is 2.37. The fourth-order valence-electron chi connectivity index (χ4n) is 2.67. The van der Waals surface area contributed by atoms with E-state index < -0.39 is 18.0 Å². The van der Waals surface area contributed by atoms with E-state index >= 15 is 0 Å². The molecule has 0 spiro atoms. The molecule has 1 N–H and O–H groups in total. The van der Waals surface area contributed by atoms with Crippen LogP contribution in [0.1, 0.15) is 25.3 Å². The first-order valence-electron chi connectivity index (χ1n) is 7.76. The Morgan fingerprint density at radius 1 is 1.33 bits per heavy atom. The summed E-state index contributed by atoms with van der Waals surface area (Å²) in [6, 6.07) is 6.81. The number of ketones is 1. The van der Waals surface area contributed by atoms with Crippen LogP contribution in [0.25, 0.3) is 0 Å². The van der Waals surface area contributed by atoms with Gasteiger partial charge in [0.1, 0.15) is 6.04 Å². The number of nitrogens with zero attached hydrogens (tertiary/aromatic N) is 1. The zero-order chi connectivity index (χ0) is 17.7. The quantitative estimate of drug-likeness (QED) is 0.837. The average Bonchev–Trinajstić information content (AvgIpc) is 3.00. The molecule has 4 nitrogen and oxygen atoms in total. The molecule has 1 aromatic rings. The number of halogens is 3. The lowest BCUT2D eigenvalue weighted by Gasteiger charge is -2.22. The lowest BCUT2D eigenvalue weighted by Crippen LogP contribution is -2.37. The summed E-state index contributed by atoms with van der Waals surface area (Å²) in [7, 11) is 0. The van der Waals surface area contributed by atoms with Crippen molar-refractivity contribution in [1.82, 2.24) is 4.90 Å². The lowest BCUT2D eigenvalue weighted by molar-refractivity contribution is -0.165.